The maximum atomic E-state index is 5.61. The summed E-state index contributed by atoms with van der Waals surface area (Å²) in [6.45, 7) is 2.68. The van der Waals surface area contributed by atoms with Crippen LogP contribution in [-0.4, -0.2) is 29.2 Å². The fourth-order valence-corrected chi connectivity index (χ4v) is 2.57. The summed E-state index contributed by atoms with van der Waals surface area (Å²) in [5.74, 6) is 1.56. The van der Waals surface area contributed by atoms with Gasteiger partial charge in [0.15, 0.2) is 0 Å². The lowest BCUT2D eigenvalue weighted by molar-refractivity contribution is 0.396. The molecule has 0 bridgehead atoms. The van der Waals surface area contributed by atoms with Crippen LogP contribution in [0.2, 0.25) is 0 Å². The number of benzene rings is 2. The fourth-order valence-electron chi connectivity index (χ4n) is 2.57. The number of nitrogens with zero attached hydrogens (tertiary/aromatic N) is 3. The van der Waals surface area contributed by atoms with Gasteiger partial charge in [-0.15, -0.1) is 5.10 Å². The Kier molecular flexibility index (Phi) is 4.28. The third-order valence-electron chi connectivity index (χ3n) is 3.72. The smallest absolute Gasteiger partial charge is 0.130 e. The zero-order chi connectivity index (χ0) is 16.2. The average molecular weight is 309 g/mol. The van der Waals surface area contributed by atoms with Gasteiger partial charge in [-0.2, -0.15) is 0 Å². The van der Waals surface area contributed by atoms with Gasteiger partial charge in [0.1, 0.15) is 11.5 Å². The van der Waals surface area contributed by atoms with E-state index in [0.717, 1.165) is 28.2 Å². The highest BCUT2D eigenvalue weighted by molar-refractivity contribution is 5.77. The van der Waals surface area contributed by atoms with E-state index >= 15 is 0 Å². The van der Waals surface area contributed by atoms with E-state index in [-0.39, 0.29) is 0 Å². The summed E-state index contributed by atoms with van der Waals surface area (Å²) in [4.78, 5) is 0. The highest BCUT2D eigenvalue weighted by atomic mass is 16.5. The third-order valence-corrected chi connectivity index (χ3v) is 3.72. The molecule has 1 aromatic heterocycles. The molecule has 5 nitrogen and oxygen atoms in total. The van der Waals surface area contributed by atoms with Crippen molar-refractivity contribution in [1.29, 1.82) is 0 Å². The van der Waals surface area contributed by atoms with Crippen molar-refractivity contribution in [2.45, 2.75) is 13.5 Å². The summed E-state index contributed by atoms with van der Waals surface area (Å²) < 4.78 is 13.0. The van der Waals surface area contributed by atoms with Crippen LogP contribution in [0.5, 0.6) is 11.5 Å². The Balaban J connectivity index is 2.06. The minimum Gasteiger partial charge on any atom is -0.496 e. The Morgan fingerprint density at radius 2 is 1.65 bits per heavy atom. The van der Waals surface area contributed by atoms with Gasteiger partial charge in [-0.25, -0.2) is 4.68 Å². The molecule has 0 aliphatic heterocycles. The van der Waals surface area contributed by atoms with Gasteiger partial charge in [0.25, 0.3) is 0 Å². The topological polar surface area (TPSA) is 49.2 Å². The molecule has 3 rings (SSSR count). The number of aromatic nitrogens is 3. The summed E-state index contributed by atoms with van der Waals surface area (Å²) in [5.41, 5.74) is 4.28. The van der Waals surface area contributed by atoms with E-state index in [9.17, 15) is 0 Å². The van der Waals surface area contributed by atoms with Crippen LogP contribution in [0.4, 0.5) is 0 Å². The lowest BCUT2D eigenvalue weighted by Crippen LogP contribution is -2.02. The van der Waals surface area contributed by atoms with Crippen LogP contribution >= 0.6 is 0 Å². The number of methoxy groups -OCH3 is 2. The lowest BCUT2D eigenvalue weighted by atomic mass is 10.00. The number of hydrogen-bond donors (Lipinski definition) is 0. The molecule has 0 radical (unpaired) electrons. The summed E-state index contributed by atoms with van der Waals surface area (Å²) >= 11 is 0. The number of aryl methyl sites for hydroxylation is 1. The fraction of sp³-hybridized carbons (Fsp3) is 0.222. The minimum atomic E-state index is 0.612. The van der Waals surface area contributed by atoms with Crippen molar-refractivity contribution in [3.8, 4) is 22.6 Å². The molecule has 0 atom stereocenters. The Labute approximate surface area is 135 Å². The monoisotopic (exact) mass is 309 g/mol. The molecular formula is C18H19N3O2. The second-order valence-electron chi connectivity index (χ2n) is 5.34. The Bertz CT molecular complexity index is 756. The zero-order valence-electron chi connectivity index (χ0n) is 13.5. The molecule has 0 saturated heterocycles. The van der Waals surface area contributed by atoms with Crippen LogP contribution in [0, 0.1) is 6.92 Å². The molecular weight excluding hydrogens is 290 g/mol. The van der Waals surface area contributed by atoms with E-state index < -0.39 is 0 Å². The Hall–Kier alpha value is -2.82. The Morgan fingerprint density at radius 1 is 1.00 bits per heavy atom. The predicted octanol–water partition coefficient (Wildman–Crippen LogP) is 3.32. The van der Waals surface area contributed by atoms with Gasteiger partial charge < -0.3 is 9.47 Å². The first-order chi connectivity index (χ1) is 11.2. The molecule has 23 heavy (non-hydrogen) atoms. The molecule has 2 aromatic carbocycles. The quantitative estimate of drug-likeness (QED) is 0.725. The van der Waals surface area contributed by atoms with Crippen LogP contribution in [0.25, 0.3) is 11.1 Å². The van der Waals surface area contributed by atoms with Crippen molar-refractivity contribution in [2.75, 3.05) is 14.2 Å². The highest BCUT2D eigenvalue weighted by Gasteiger charge is 2.15. The molecule has 0 amide bonds. The number of hydrogen-bond acceptors (Lipinski definition) is 4. The highest BCUT2D eigenvalue weighted by Crippen LogP contribution is 2.39. The van der Waals surface area contributed by atoms with E-state index in [2.05, 4.69) is 41.5 Å². The molecule has 5 heteroatoms. The van der Waals surface area contributed by atoms with E-state index in [1.807, 2.05) is 18.3 Å². The van der Waals surface area contributed by atoms with Crippen molar-refractivity contribution < 1.29 is 9.47 Å². The first kappa shape index (κ1) is 15.1. The molecule has 1 heterocycles. The van der Waals surface area contributed by atoms with Gasteiger partial charge in [-0.1, -0.05) is 35.0 Å². The minimum absolute atomic E-state index is 0.612. The summed E-state index contributed by atoms with van der Waals surface area (Å²) in [6, 6.07) is 12.3. The SMILES string of the molecule is COc1cc(Cn2ccnn2)cc(OC)c1-c1ccc(C)cc1. The van der Waals surface area contributed by atoms with Crippen LogP contribution in [0.15, 0.2) is 48.8 Å². The maximum Gasteiger partial charge on any atom is 0.130 e. The van der Waals surface area contributed by atoms with Gasteiger partial charge >= 0.3 is 0 Å². The molecule has 0 spiro atoms. The molecule has 0 aliphatic rings. The van der Waals surface area contributed by atoms with E-state index in [1.165, 1.54) is 5.56 Å². The standard InChI is InChI=1S/C18H19N3O2/c1-13-4-6-15(7-5-13)18-16(22-2)10-14(11-17(18)23-3)12-21-9-8-19-20-21/h4-11H,12H2,1-3H3. The van der Waals surface area contributed by atoms with Crippen molar-refractivity contribution >= 4 is 0 Å². The van der Waals surface area contributed by atoms with Crippen LogP contribution in [0.1, 0.15) is 11.1 Å². The molecule has 3 aromatic rings. The second kappa shape index (κ2) is 6.52. The molecule has 0 aliphatic carbocycles. The molecule has 0 N–H and O–H groups in total. The van der Waals surface area contributed by atoms with Crippen molar-refractivity contribution in [3.63, 3.8) is 0 Å². The zero-order valence-corrected chi connectivity index (χ0v) is 13.5. The van der Waals surface area contributed by atoms with Gasteiger partial charge in [0.05, 0.1) is 32.5 Å². The molecule has 0 fully saturated rings. The largest absolute Gasteiger partial charge is 0.496 e. The summed E-state index contributed by atoms with van der Waals surface area (Å²) in [7, 11) is 3.34. The predicted molar refractivity (Wildman–Crippen MR) is 88.8 cm³/mol. The molecule has 118 valence electrons. The van der Waals surface area contributed by atoms with Crippen molar-refractivity contribution in [1.82, 2.24) is 15.0 Å². The third kappa shape index (κ3) is 3.18. The first-order valence-corrected chi connectivity index (χ1v) is 7.37. The normalized spacial score (nSPS) is 10.6. The van der Waals surface area contributed by atoms with Crippen LogP contribution in [-0.2, 0) is 6.54 Å². The van der Waals surface area contributed by atoms with Gasteiger partial charge in [-0.3, -0.25) is 0 Å². The average Bonchev–Trinajstić information content (AvgIpc) is 3.08. The maximum absolute atomic E-state index is 5.61. The van der Waals surface area contributed by atoms with E-state index in [1.54, 1.807) is 25.1 Å². The first-order valence-electron chi connectivity index (χ1n) is 7.37. The number of rotatable bonds is 5. The van der Waals surface area contributed by atoms with Gasteiger partial charge in [0, 0.05) is 6.20 Å². The van der Waals surface area contributed by atoms with E-state index in [4.69, 9.17) is 9.47 Å². The lowest BCUT2D eigenvalue weighted by Gasteiger charge is -2.16. The van der Waals surface area contributed by atoms with Gasteiger partial charge in [0.2, 0.25) is 0 Å². The van der Waals surface area contributed by atoms with Crippen LogP contribution in [0.3, 0.4) is 0 Å². The van der Waals surface area contributed by atoms with Crippen molar-refractivity contribution in [2.24, 2.45) is 0 Å². The van der Waals surface area contributed by atoms with Crippen LogP contribution < -0.4 is 9.47 Å². The number of ether oxygens (including phenoxy) is 2. The van der Waals surface area contributed by atoms with Crippen molar-refractivity contribution in [3.05, 3.63) is 59.9 Å². The second-order valence-corrected chi connectivity index (χ2v) is 5.34. The van der Waals surface area contributed by atoms with E-state index in [0.29, 0.717) is 6.54 Å². The Morgan fingerprint density at radius 3 is 2.17 bits per heavy atom. The summed E-state index contributed by atoms with van der Waals surface area (Å²) in [5, 5.41) is 7.83. The van der Waals surface area contributed by atoms with Gasteiger partial charge in [-0.05, 0) is 30.2 Å². The molecule has 0 unspecified atom stereocenters. The summed E-state index contributed by atoms with van der Waals surface area (Å²) in [6.07, 6.45) is 3.49. The molecule has 0 saturated carbocycles.